The van der Waals surface area contributed by atoms with Crippen LogP contribution in [0.4, 0.5) is 0 Å². The summed E-state index contributed by atoms with van der Waals surface area (Å²) >= 11 is 0. The number of nitrogens with one attached hydrogen (secondary N) is 3. The van der Waals surface area contributed by atoms with E-state index >= 15 is 0 Å². The van der Waals surface area contributed by atoms with Crippen molar-refractivity contribution in [1.82, 2.24) is 16.0 Å². The first kappa shape index (κ1) is 35.9. The summed E-state index contributed by atoms with van der Waals surface area (Å²) in [6.07, 6.45) is 1.67. The van der Waals surface area contributed by atoms with Gasteiger partial charge >= 0.3 is 5.97 Å². The second-order valence-electron chi connectivity index (χ2n) is 10.4. The molecule has 0 heterocycles. The minimum absolute atomic E-state index is 0.0685. The number of aliphatic imine (C=N–C) groups is 1. The second kappa shape index (κ2) is 19.1. The maximum absolute atomic E-state index is 13.5. The number of amides is 4. The van der Waals surface area contributed by atoms with E-state index in [4.69, 9.17) is 21.9 Å². The number of primary amides is 1. The molecule has 0 fully saturated rings. The van der Waals surface area contributed by atoms with Gasteiger partial charge in [-0.25, -0.2) is 0 Å². The number of hydrogen-bond donors (Lipinski definition) is 6. The Morgan fingerprint density at radius 1 is 0.833 bits per heavy atom. The number of esters is 1. The lowest BCUT2D eigenvalue weighted by molar-refractivity contribution is -0.152. The van der Waals surface area contributed by atoms with E-state index in [1.807, 2.05) is 26.8 Å². The smallest absolute Gasteiger partial charge is 0.318 e. The van der Waals surface area contributed by atoms with Crippen LogP contribution in [0, 0.1) is 11.8 Å². The molecule has 9 N–H and O–H groups in total. The Morgan fingerprint density at radius 3 is 1.93 bits per heavy atom. The maximum Gasteiger partial charge on any atom is 0.318 e. The highest BCUT2D eigenvalue weighted by molar-refractivity contribution is 6.00. The molecule has 0 saturated carbocycles. The number of rotatable bonds is 19. The van der Waals surface area contributed by atoms with E-state index < -0.39 is 53.6 Å². The molecule has 0 radical (unpaired) electrons. The highest BCUT2D eigenvalue weighted by Gasteiger charge is 2.33. The van der Waals surface area contributed by atoms with Crippen LogP contribution in [0.25, 0.3) is 0 Å². The molecule has 234 valence electrons. The number of nitrogens with zero attached hydrogens (tertiary/aromatic N) is 1. The van der Waals surface area contributed by atoms with E-state index in [1.54, 1.807) is 31.2 Å². The van der Waals surface area contributed by atoms with Gasteiger partial charge in [0.25, 0.3) is 0 Å². The van der Waals surface area contributed by atoms with Crippen molar-refractivity contribution in [2.75, 3.05) is 13.2 Å². The van der Waals surface area contributed by atoms with Gasteiger partial charge in [-0.15, -0.1) is 0 Å². The van der Waals surface area contributed by atoms with Crippen molar-refractivity contribution in [3.8, 4) is 0 Å². The summed E-state index contributed by atoms with van der Waals surface area (Å²) in [5.41, 5.74) is 17.0. The van der Waals surface area contributed by atoms with E-state index in [-0.39, 0.29) is 44.3 Å². The SMILES string of the molecule is CCC[C@H](NC(=O)[C@H](CCCN=C(N)N)NC(=O)[C@H](Cc1ccccc1)C(=O)OCC)C(=O)N[C@@H](CC(C)C)C(N)=O. The summed E-state index contributed by atoms with van der Waals surface area (Å²) in [6, 6.07) is 5.96. The molecular weight excluding hydrogens is 542 g/mol. The van der Waals surface area contributed by atoms with E-state index in [0.29, 0.717) is 19.3 Å². The molecule has 0 unspecified atom stereocenters. The third kappa shape index (κ3) is 13.5. The van der Waals surface area contributed by atoms with Crippen molar-refractivity contribution < 1.29 is 28.7 Å². The number of carbonyl (C=O) groups excluding carboxylic acids is 5. The van der Waals surface area contributed by atoms with Crippen LogP contribution in [0.3, 0.4) is 0 Å². The monoisotopic (exact) mass is 589 g/mol. The van der Waals surface area contributed by atoms with Gasteiger partial charge in [-0.05, 0) is 50.5 Å². The fourth-order valence-corrected chi connectivity index (χ4v) is 4.24. The van der Waals surface area contributed by atoms with Gasteiger partial charge < -0.3 is 37.9 Å². The van der Waals surface area contributed by atoms with E-state index in [0.717, 1.165) is 5.56 Å². The summed E-state index contributed by atoms with van der Waals surface area (Å²) in [5, 5.41) is 8.00. The molecule has 1 rings (SSSR count). The van der Waals surface area contributed by atoms with Crippen LogP contribution in [0.1, 0.15) is 65.4 Å². The highest BCUT2D eigenvalue weighted by Crippen LogP contribution is 2.13. The fourth-order valence-electron chi connectivity index (χ4n) is 4.24. The number of benzene rings is 1. The van der Waals surface area contributed by atoms with Gasteiger partial charge in [0.15, 0.2) is 5.96 Å². The molecule has 0 saturated heterocycles. The molecule has 42 heavy (non-hydrogen) atoms. The number of hydrogen-bond acceptors (Lipinski definition) is 7. The zero-order valence-corrected chi connectivity index (χ0v) is 25.1. The zero-order valence-electron chi connectivity index (χ0n) is 25.1. The van der Waals surface area contributed by atoms with Crippen LogP contribution >= 0.6 is 0 Å². The van der Waals surface area contributed by atoms with Gasteiger partial charge in [-0.2, -0.15) is 0 Å². The van der Waals surface area contributed by atoms with Crippen molar-refractivity contribution >= 4 is 35.6 Å². The van der Waals surface area contributed by atoms with E-state index in [9.17, 15) is 24.0 Å². The van der Waals surface area contributed by atoms with Crippen LogP contribution < -0.4 is 33.2 Å². The average molecular weight is 590 g/mol. The standard InChI is InChI=1S/C29H47N7O6/c1-5-11-21(26(39)36-23(24(30)37)16-18(3)4)35-27(40)22(14-10-15-33-29(31)32)34-25(38)20(28(41)42-6-2)17-19-12-8-7-9-13-19/h7-9,12-13,18,20-23H,5-6,10-11,14-17H2,1-4H3,(H2,30,37)(H,34,38)(H,35,40)(H,36,39)(H4,31,32,33)/t20-,21-,22-,23-/m0/s1. The quantitative estimate of drug-likeness (QED) is 0.0430. The van der Waals surface area contributed by atoms with Crippen molar-refractivity contribution in [3.05, 3.63) is 35.9 Å². The summed E-state index contributed by atoms with van der Waals surface area (Å²) < 4.78 is 5.14. The van der Waals surface area contributed by atoms with Crippen LogP contribution in [0.2, 0.25) is 0 Å². The van der Waals surface area contributed by atoms with Crippen molar-refractivity contribution in [2.45, 2.75) is 84.3 Å². The van der Waals surface area contributed by atoms with Gasteiger partial charge in [-0.3, -0.25) is 29.0 Å². The van der Waals surface area contributed by atoms with Crippen LogP contribution in [-0.2, 0) is 35.1 Å². The Morgan fingerprint density at radius 2 is 1.40 bits per heavy atom. The fraction of sp³-hybridized carbons (Fsp3) is 0.586. The Hall–Kier alpha value is -4.16. The van der Waals surface area contributed by atoms with Gasteiger partial charge in [-0.1, -0.05) is 57.5 Å². The largest absolute Gasteiger partial charge is 0.465 e. The summed E-state index contributed by atoms with van der Waals surface area (Å²) in [5.74, 6) is -4.51. The van der Waals surface area contributed by atoms with Crippen LogP contribution in [-0.4, -0.2) is 66.8 Å². The predicted octanol–water partition coefficient (Wildman–Crippen LogP) is 0.248. The Kier molecular flexibility index (Phi) is 16.3. The Balaban J connectivity index is 3.17. The van der Waals surface area contributed by atoms with E-state index in [2.05, 4.69) is 20.9 Å². The molecule has 1 aromatic rings. The third-order valence-electron chi connectivity index (χ3n) is 6.33. The Labute approximate surface area is 247 Å². The predicted molar refractivity (Wildman–Crippen MR) is 160 cm³/mol. The third-order valence-corrected chi connectivity index (χ3v) is 6.33. The van der Waals surface area contributed by atoms with Gasteiger partial charge in [0.05, 0.1) is 6.61 Å². The average Bonchev–Trinajstić information content (AvgIpc) is 2.92. The van der Waals surface area contributed by atoms with E-state index in [1.165, 1.54) is 0 Å². The minimum atomic E-state index is -1.21. The molecule has 1 aromatic carbocycles. The number of ether oxygens (including phenoxy) is 1. The topological polar surface area (TPSA) is 221 Å². The second-order valence-corrected chi connectivity index (χ2v) is 10.4. The number of nitrogens with two attached hydrogens (primary N) is 3. The van der Waals surface area contributed by atoms with Gasteiger partial charge in [0, 0.05) is 6.54 Å². The molecule has 13 heteroatoms. The molecule has 4 amide bonds. The number of carbonyl (C=O) groups is 5. The first-order valence-corrected chi connectivity index (χ1v) is 14.4. The van der Waals surface area contributed by atoms with Gasteiger partial charge in [0.1, 0.15) is 24.0 Å². The van der Waals surface area contributed by atoms with Crippen LogP contribution in [0.5, 0.6) is 0 Å². The lowest BCUT2D eigenvalue weighted by Gasteiger charge is -2.26. The highest BCUT2D eigenvalue weighted by atomic mass is 16.5. The van der Waals surface area contributed by atoms with Crippen molar-refractivity contribution in [1.29, 1.82) is 0 Å². The molecule has 0 aliphatic carbocycles. The number of guanidine groups is 1. The molecule has 13 nitrogen and oxygen atoms in total. The molecular formula is C29H47N7O6. The van der Waals surface area contributed by atoms with Crippen molar-refractivity contribution in [3.63, 3.8) is 0 Å². The lowest BCUT2D eigenvalue weighted by atomic mass is 9.97. The van der Waals surface area contributed by atoms with Gasteiger partial charge in [0.2, 0.25) is 23.6 Å². The molecule has 0 spiro atoms. The molecule has 0 aromatic heterocycles. The normalized spacial score (nSPS) is 13.6. The summed E-state index contributed by atoms with van der Waals surface area (Å²) in [4.78, 5) is 68.5. The minimum Gasteiger partial charge on any atom is -0.465 e. The molecule has 0 aliphatic heterocycles. The van der Waals surface area contributed by atoms with Crippen LogP contribution in [0.15, 0.2) is 35.3 Å². The maximum atomic E-state index is 13.5. The summed E-state index contributed by atoms with van der Waals surface area (Å²) in [6.45, 7) is 7.54. The lowest BCUT2D eigenvalue weighted by Crippen LogP contribution is -2.57. The van der Waals surface area contributed by atoms with Crippen molar-refractivity contribution in [2.24, 2.45) is 34.0 Å². The zero-order chi connectivity index (χ0) is 31.7. The molecule has 0 aliphatic rings. The molecule has 4 atom stereocenters. The first-order chi connectivity index (χ1) is 19.9. The summed E-state index contributed by atoms with van der Waals surface area (Å²) in [7, 11) is 0. The first-order valence-electron chi connectivity index (χ1n) is 14.4. The molecule has 0 bridgehead atoms. The Bertz CT molecular complexity index is 1060.